The molecule has 0 radical (unpaired) electrons. The van der Waals surface area contributed by atoms with Crippen molar-refractivity contribution in [1.29, 1.82) is 0 Å². The molecule has 0 bridgehead atoms. The molecular weight excluding hydrogens is 184 g/mol. The van der Waals surface area contributed by atoms with Crippen LogP contribution in [0.2, 0.25) is 0 Å². The third-order valence-corrected chi connectivity index (χ3v) is 2.06. The average molecular weight is 196 g/mol. The van der Waals surface area contributed by atoms with Crippen molar-refractivity contribution in [3.63, 3.8) is 0 Å². The summed E-state index contributed by atoms with van der Waals surface area (Å²) in [5.74, 6) is -0.344. The summed E-state index contributed by atoms with van der Waals surface area (Å²) in [5.41, 5.74) is 1.46. The number of hydrogen-bond donors (Lipinski definition) is 2. The number of aliphatic carboxylic acids is 1. The number of ether oxygens (including phenoxy) is 1. The fourth-order valence-electron chi connectivity index (χ4n) is 1.08. The maximum atomic E-state index is 10.3. The van der Waals surface area contributed by atoms with Crippen molar-refractivity contribution in [3.8, 4) is 11.5 Å². The van der Waals surface area contributed by atoms with Gasteiger partial charge < -0.3 is 14.9 Å². The van der Waals surface area contributed by atoms with Crippen LogP contribution in [0.1, 0.15) is 11.1 Å². The van der Waals surface area contributed by atoms with Crippen LogP contribution >= 0.6 is 0 Å². The van der Waals surface area contributed by atoms with Gasteiger partial charge in [0, 0.05) is 0 Å². The van der Waals surface area contributed by atoms with E-state index in [0.29, 0.717) is 11.3 Å². The maximum Gasteiger partial charge on any atom is 0.341 e. The van der Waals surface area contributed by atoms with Gasteiger partial charge in [0.1, 0.15) is 11.5 Å². The predicted octanol–water partition coefficient (Wildman–Crippen LogP) is 1.47. The van der Waals surface area contributed by atoms with Crippen LogP contribution in [0.3, 0.4) is 0 Å². The number of phenols is 1. The Bertz CT molecular complexity index is 357. The Kier molecular flexibility index (Phi) is 2.96. The van der Waals surface area contributed by atoms with E-state index in [4.69, 9.17) is 9.84 Å². The van der Waals surface area contributed by atoms with E-state index in [9.17, 15) is 9.90 Å². The van der Waals surface area contributed by atoms with Gasteiger partial charge in [-0.2, -0.15) is 0 Å². The van der Waals surface area contributed by atoms with Gasteiger partial charge in [0.25, 0.3) is 0 Å². The third kappa shape index (κ3) is 2.16. The minimum Gasteiger partial charge on any atom is -0.508 e. The summed E-state index contributed by atoms with van der Waals surface area (Å²) in [4.78, 5) is 10.3. The number of carboxylic acid groups (broad SMARTS) is 1. The van der Waals surface area contributed by atoms with Crippen molar-refractivity contribution in [2.24, 2.45) is 0 Å². The van der Waals surface area contributed by atoms with Gasteiger partial charge in [-0.1, -0.05) is 0 Å². The van der Waals surface area contributed by atoms with Gasteiger partial charge >= 0.3 is 5.97 Å². The summed E-state index contributed by atoms with van der Waals surface area (Å²) in [6.45, 7) is 3.15. The Morgan fingerprint density at radius 3 is 2.57 bits per heavy atom. The van der Waals surface area contributed by atoms with Crippen LogP contribution in [0.25, 0.3) is 0 Å². The summed E-state index contributed by atoms with van der Waals surface area (Å²) in [6.07, 6.45) is 0. The zero-order valence-electron chi connectivity index (χ0n) is 8.07. The largest absolute Gasteiger partial charge is 0.508 e. The molecule has 0 saturated heterocycles. The number of rotatable bonds is 3. The smallest absolute Gasteiger partial charge is 0.341 e. The SMILES string of the molecule is Cc1c(O)ccc(OCC(=O)O)c1C. The Morgan fingerprint density at radius 1 is 1.36 bits per heavy atom. The molecule has 0 fully saturated rings. The fraction of sp³-hybridized carbons (Fsp3) is 0.300. The average Bonchev–Trinajstić information content (AvgIpc) is 2.13. The first-order valence-corrected chi connectivity index (χ1v) is 4.16. The number of carboxylic acids is 1. The molecule has 0 saturated carbocycles. The predicted molar refractivity (Wildman–Crippen MR) is 50.7 cm³/mol. The molecule has 14 heavy (non-hydrogen) atoms. The highest BCUT2D eigenvalue weighted by atomic mass is 16.5. The van der Waals surface area contributed by atoms with E-state index in [0.717, 1.165) is 5.56 Å². The lowest BCUT2D eigenvalue weighted by atomic mass is 10.1. The number of benzene rings is 1. The summed E-state index contributed by atoms with van der Waals surface area (Å²) in [6, 6.07) is 3.04. The van der Waals surface area contributed by atoms with Crippen molar-refractivity contribution < 1.29 is 19.7 Å². The molecule has 0 amide bonds. The van der Waals surface area contributed by atoms with Crippen molar-refractivity contribution in [3.05, 3.63) is 23.3 Å². The molecule has 0 aliphatic heterocycles. The van der Waals surface area contributed by atoms with Gasteiger partial charge in [-0.25, -0.2) is 4.79 Å². The minimum absolute atomic E-state index is 0.185. The lowest BCUT2D eigenvalue weighted by Gasteiger charge is -2.10. The Hall–Kier alpha value is -1.71. The van der Waals surface area contributed by atoms with Crippen molar-refractivity contribution in [2.45, 2.75) is 13.8 Å². The van der Waals surface area contributed by atoms with Gasteiger partial charge in [0.2, 0.25) is 0 Å². The first-order valence-electron chi connectivity index (χ1n) is 4.16. The molecule has 0 aliphatic carbocycles. The zero-order valence-corrected chi connectivity index (χ0v) is 8.07. The first-order chi connectivity index (χ1) is 6.52. The highest BCUT2D eigenvalue weighted by molar-refractivity contribution is 5.68. The fourth-order valence-corrected chi connectivity index (χ4v) is 1.08. The number of hydrogen-bond acceptors (Lipinski definition) is 3. The molecule has 1 rings (SSSR count). The van der Waals surface area contributed by atoms with E-state index in [-0.39, 0.29) is 12.4 Å². The number of carbonyl (C=O) groups is 1. The molecule has 0 unspecified atom stereocenters. The van der Waals surface area contributed by atoms with Crippen LogP contribution in [0.15, 0.2) is 12.1 Å². The van der Waals surface area contributed by atoms with Crippen LogP contribution in [0.5, 0.6) is 11.5 Å². The van der Waals surface area contributed by atoms with E-state index >= 15 is 0 Å². The van der Waals surface area contributed by atoms with Crippen molar-refractivity contribution in [1.82, 2.24) is 0 Å². The van der Waals surface area contributed by atoms with Crippen molar-refractivity contribution in [2.75, 3.05) is 6.61 Å². The van der Waals surface area contributed by atoms with E-state index < -0.39 is 5.97 Å². The van der Waals surface area contributed by atoms with Crippen LogP contribution in [0, 0.1) is 13.8 Å². The zero-order chi connectivity index (χ0) is 10.7. The standard InChI is InChI=1S/C10H12O4/c1-6-7(2)9(4-3-8(6)11)14-5-10(12)13/h3-4,11H,5H2,1-2H3,(H,12,13). The van der Waals surface area contributed by atoms with E-state index in [1.165, 1.54) is 6.07 Å². The highest BCUT2D eigenvalue weighted by Crippen LogP contribution is 2.27. The summed E-state index contributed by atoms with van der Waals surface area (Å²) in [7, 11) is 0. The van der Waals surface area contributed by atoms with Gasteiger partial charge in [-0.05, 0) is 37.1 Å². The highest BCUT2D eigenvalue weighted by Gasteiger charge is 2.07. The topological polar surface area (TPSA) is 66.8 Å². The molecule has 1 aromatic rings. The van der Waals surface area contributed by atoms with E-state index in [2.05, 4.69) is 0 Å². The van der Waals surface area contributed by atoms with Crippen molar-refractivity contribution >= 4 is 5.97 Å². The molecule has 0 aromatic heterocycles. The monoisotopic (exact) mass is 196 g/mol. The molecule has 0 heterocycles. The van der Waals surface area contributed by atoms with Gasteiger partial charge in [-0.3, -0.25) is 0 Å². The molecule has 0 spiro atoms. The van der Waals surface area contributed by atoms with Gasteiger partial charge in [0.05, 0.1) is 0 Å². The lowest BCUT2D eigenvalue weighted by Crippen LogP contribution is -2.10. The second-order valence-corrected chi connectivity index (χ2v) is 3.02. The second kappa shape index (κ2) is 4.00. The Labute approximate surface area is 81.8 Å². The molecule has 0 atom stereocenters. The maximum absolute atomic E-state index is 10.3. The molecule has 4 heteroatoms. The van der Waals surface area contributed by atoms with Crippen LogP contribution < -0.4 is 4.74 Å². The molecule has 0 aliphatic rings. The Morgan fingerprint density at radius 2 is 2.00 bits per heavy atom. The first kappa shape index (κ1) is 10.4. The van der Waals surface area contributed by atoms with Crippen LogP contribution in [-0.4, -0.2) is 22.8 Å². The molecule has 2 N–H and O–H groups in total. The lowest BCUT2D eigenvalue weighted by molar-refractivity contribution is -0.139. The normalized spacial score (nSPS) is 9.86. The third-order valence-electron chi connectivity index (χ3n) is 2.06. The van der Waals surface area contributed by atoms with Crippen LogP contribution in [-0.2, 0) is 4.79 Å². The summed E-state index contributed by atoms with van der Waals surface area (Å²) < 4.78 is 5.02. The summed E-state index contributed by atoms with van der Waals surface area (Å²) in [5, 5.41) is 17.7. The minimum atomic E-state index is -1.02. The quantitative estimate of drug-likeness (QED) is 0.768. The van der Waals surface area contributed by atoms with Gasteiger partial charge in [0.15, 0.2) is 6.61 Å². The molecule has 1 aromatic carbocycles. The second-order valence-electron chi connectivity index (χ2n) is 3.02. The van der Waals surface area contributed by atoms with Gasteiger partial charge in [-0.15, -0.1) is 0 Å². The van der Waals surface area contributed by atoms with E-state index in [1.54, 1.807) is 19.9 Å². The molecular formula is C10H12O4. The number of phenolic OH excluding ortho intramolecular Hbond substituents is 1. The molecule has 4 nitrogen and oxygen atoms in total. The number of aromatic hydroxyl groups is 1. The molecule has 76 valence electrons. The summed E-state index contributed by atoms with van der Waals surface area (Å²) >= 11 is 0. The van der Waals surface area contributed by atoms with Crippen LogP contribution in [0.4, 0.5) is 0 Å². The Balaban J connectivity index is 2.88. The van der Waals surface area contributed by atoms with E-state index in [1.807, 2.05) is 0 Å².